The number of nitrogens with one attached hydrogen (secondary N) is 2. The number of amides is 1. The monoisotopic (exact) mass is 255 g/mol. The molecule has 1 amide bonds. The third-order valence-electron chi connectivity index (χ3n) is 2.05. The third-order valence-corrected chi connectivity index (χ3v) is 2.05. The number of hydrogen-bond acceptors (Lipinski definition) is 4. The van der Waals surface area contributed by atoms with Gasteiger partial charge in [0.05, 0.1) is 12.6 Å². The van der Waals surface area contributed by atoms with Crippen LogP contribution in [0.5, 0.6) is 0 Å². The fourth-order valence-corrected chi connectivity index (χ4v) is 1.24. The zero-order valence-electron chi connectivity index (χ0n) is 10.4. The first-order valence-electron chi connectivity index (χ1n) is 5.71. The highest BCUT2D eigenvalue weighted by Crippen LogP contribution is 1.95. The molecule has 0 unspecified atom stereocenters. The van der Waals surface area contributed by atoms with Crippen molar-refractivity contribution in [2.75, 3.05) is 19.6 Å². The van der Waals surface area contributed by atoms with Gasteiger partial charge in [0.25, 0.3) is 0 Å². The van der Waals surface area contributed by atoms with Gasteiger partial charge in [-0.1, -0.05) is 6.08 Å². The minimum atomic E-state index is -0.503. The van der Waals surface area contributed by atoms with Gasteiger partial charge in [-0.25, -0.2) is 0 Å². The highest BCUT2D eigenvalue weighted by atomic mass is 16.2. The van der Waals surface area contributed by atoms with Gasteiger partial charge in [0.1, 0.15) is 6.29 Å². The highest BCUT2D eigenvalue weighted by molar-refractivity contribution is 5.81. The molecule has 7 nitrogen and oxygen atoms in total. The zero-order chi connectivity index (χ0) is 13.8. The van der Waals surface area contributed by atoms with Crippen LogP contribution in [0.15, 0.2) is 17.6 Å². The Morgan fingerprint density at radius 3 is 2.72 bits per heavy atom. The fourth-order valence-electron chi connectivity index (χ4n) is 1.24. The smallest absolute Gasteiger partial charge is 0.234 e. The standard InChI is InChI=1S/C11H21N5O2/c1-2-5-14-7-10(18)16-9(8-17)4-3-6-15-11(12)13/h2,8-9,14H,1,3-7H2,(H,16,18)(H4,12,13,15)/t9-/m0/s1. The fraction of sp³-hybridized carbons (Fsp3) is 0.545. The molecule has 0 rings (SSSR count). The van der Waals surface area contributed by atoms with Gasteiger partial charge in [0, 0.05) is 13.1 Å². The second-order valence-electron chi connectivity index (χ2n) is 3.68. The molecule has 0 aromatic carbocycles. The summed E-state index contributed by atoms with van der Waals surface area (Å²) in [5.74, 6) is -0.203. The Hall–Kier alpha value is -1.89. The van der Waals surface area contributed by atoms with E-state index in [4.69, 9.17) is 11.5 Å². The average molecular weight is 255 g/mol. The van der Waals surface area contributed by atoms with Crippen LogP contribution in [0.25, 0.3) is 0 Å². The molecule has 0 aromatic heterocycles. The molecule has 0 aromatic rings. The topological polar surface area (TPSA) is 123 Å². The second-order valence-corrected chi connectivity index (χ2v) is 3.68. The van der Waals surface area contributed by atoms with Gasteiger partial charge in [0.15, 0.2) is 5.96 Å². The van der Waals surface area contributed by atoms with Crippen LogP contribution in [-0.2, 0) is 9.59 Å². The quantitative estimate of drug-likeness (QED) is 0.124. The summed E-state index contributed by atoms with van der Waals surface area (Å²) in [7, 11) is 0. The number of carbonyl (C=O) groups excluding carboxylic acids is 2. The van der Waals surface area contributed by atoms with E-state index in [2.05, 4.69) is 22.2 Å². The van der Waals surface area contributed by atoms with Gasteiger partial charge in [-0.05, 0) is 12.8 Å². The van der Waals surface area contributed by atoms with E-state index in [0.29, 0.717) is 32.2 Å². The van der Waals surface area contributed by atoms with Crippen LogP contribution in [0, 0.1) is 0 Å². The molecular formula is C11H21N5O2. The molecule has 0 fully saturated rings. The van der Waals surface area contributed by atoms with Crippen molar-refractivity contribution in [3.05, 3.63) is 12.7 Å². The van der Waals surface area contributed by atoms with Crippen molar-refractivity contribution in [3.8, 4) is 0 Å². The molecule has 0 saturated heterocycles. The molecule has 0 spiro atoms. The van der Waals surface area contributed by atoms with Crippen LogP contribution in [-0.4, -0.2) is 43.8 Å². The lowest BCUT2D eigenvalue weighted by Gasteiger charge is -2.12. The van der Waals surface area contributed by atoms with Crippen LogP contribution in [0.1, 0.15) is 12.8 Å². The van der Waals surface area contributed by atoms with Crippen LogP contribution in [0.2, 0.25) is 0 Å². The van der Waals surface area contributed by atoms with E-state index in [0.717, 1.165) is 0 Å². The number of aliphatic imine (C=N–C) groups is 1. The van der Waals surface area contributed by atoms with Gasteiger partial charge in [-0.3, -0.25) is 9.79 Å². The Bertz CT molecular complexity index is 300. The van der Waals surface area contributed by atoms with E-state index in [1.165, 1.54) is 0 Å². The van der Waals surface area contributed by atoms with Crippen molar-refractivity contribution in [2.24, 2.45) is 16.5 Å². The maximum absolute atomic E-state index is 11.4. The van der Waals surface area contributed by atoms with Gasteiger partial charge in [-0.2, -0.15) is 0 Å². The van der Waals surface area contributed by atoms with Crippen LogP contribution in [0.4, 0.5) is 0 Å². The lowest BCUT2D eigenvalue weighted by Crippen LogP contribution is -2.41. The van der Waals surface area contributed by atoms with E-state index in [-0.39, 0.29) is 18.4 Å². The van der Waals surface area contributed by atoms with Crippen molar-refractivity contribution < 1.29 is 9.59 Å². The number of carbonyl (C=O) groups is 2. The number of hydrogen-bond donors (Lipinski definition) is 4. The summed E-state index contributed by atoms with van der Waals surface area (Å²) < 4.78 is 0. The number of guanidine groups is 1. The Morgan fingerprint density at radius 1 is 1.44 bits per heavy atom. The number of aldehydes is 1. The normalized spacial score (nSPS) is 11.3. The van der Waals surface area contributed by atoms with E-state index in [1.54, 1.807) is 6.08 Å². The highest BCUT2D eigenvalue weighted by Gasteiger charge is 2.10. The van der Waals surface area contributed by atoms with Crippen LogP contribution >= 0.6 is 0 Å². The number of nitrogens with zero attached hydrogens (tertiary/aromatic N) is 1. The van der Waals surface area contributed by atoms with Crippen molar-refractivity contribution in [1.29, 1.82) is 0 Å². The average Bonchev–Trinajstić information content (AvgIpc) is 2.33. The van der Waals surface area contributed by atoms with Crippen molar-refractivity contribution in [3.63, 3.8) is 0 Å². The molecule has 0 aliphatic heterocycles. The van der Waals surface area contributed by atoms with E-state index >= 15 is 0 Å². The van der Waals surface area contributed by atoms with Crippen molar-refractivity contribution in [2.45, 2.75) is 18.9 Å². The first kappa shape index (κ1) is 16.1. The van der Waals surface area contributed by atoms with Crippen molar-refractivity contribution in [1.82, 2.24) is 10.6 Å². The minimum Gasteiger partial charge on any atom is -0.370 e. The van der Waals surface area contributed by atoms with E-state index in [1.807, 2.05) is 0 Å². The van der Waals surface area contributed by atoms with Gasteiger partial charge < -0.3 is 26.9 Å². The van der Waals surface area contributed by atoms with Gasteiger partial charge in [-0.15, -0.1) is 6.58 Å². The molecule has 0 saturated carbocycles. The summed E-state index contributed by atoms with van der Waals surface area (Å²) >= 11 is 0. The summed E-state index contributed by atoms with van der Waals surface area (Å²) in [6, 6.07) is -0.503. The number of rotatable bonds is 10. The first-order chi connectivity index (χ1) is 8.60. The van der Waals surface area contributed by atoms with Crippen LogP contribution < -0.4 is 22.1 Å². The summed E-state index contributed by atoms with van der Waals surface area (Å²) in [5, 5.41) is 5.44. The van der Waals surface area contributed by atoms with Gasteiger partial charge in [0.2, 0.25) is 5.91 Å². The lowest BCUT2D eigenvalue weighted by atomic mass is 10.2. The second kappa shape index (κ2) is 10.3. The predicted octanol–water partition coefficient (Wildman–Crippen LogP) is -1.50. The summed E-state index contributed by atoms with van der Waals surface area (Å²) in [6.07, 6.45) is 3.50. The molecule has 1 atom stereocenters. The third kappa shape index (κ3) is 9.34. The molecular weight excluding hydrogens is 234 g/mol. The van der Waals surface area contributed by atoms with Gasteiger partial charge >= 0.3 is 0 Å². The van der Waals surface area contributed by atoms with Crippen molar-refractivity contribution >= 4 is 18.2 Å². The maximum atomic E-state index is 11.4. The Balaban J connectivity index is 3.81. The maximum Gasteiger partial charge on any atom is 0.234 e. The van der Waals surface area contributed by atoms with E-state index < -0.39 is 6.04 Å². The zero-order valence-corrected chi connectivity index (χ0v) is 10.4. The molecule has 7 heteroatoms. The Morgan fingerprint density at radius 2 is 2.17 bits per heavy atom. The molecule has 0 heterocycles. The summed E-state index contributed by atoms with van der Waals surface area (Å²) in [4.78, 5) is 25.9. The molecule has 18 heavy (non-hydrogen) atoms. The first-order valence-corrected chi connectivity index (χ1v) is 5.71. The molecule has 102 valence electrons. The molecule has 0 radical (unpaired) electrons. The largest absolute Gasteiger partial charge is 0.370 e. The Kier molecular flexibility index (Phi) is 9.20. The molecule has 6 N–H and O–H groups in total. The SMILES string of the molecule is C=CCNCC(=O)N[C@H](C=O)CCCN=C(N)N. The molecule has 0 aliphatic rings. The lowest BCUT2D eigenvalue weighted by molar-refractivity contribution is -0.123. The summed E-state index contributed by atoms with van der Waals surface area (Å²) in [5.41, 5.74) is 10.3. The Labute approximate surface area is 107 Å². The molecule has 0 bridgehead atoms. The predicted molar refractivity (Wildman–Crippen MR) is 71.0 cm³/mol. The summed E-state index contributed by atoms with van der Waals surface area (Å²) in [6.45, 7) is 4.66. The van der Waals surface area contributed by atoms with Crippen LogP contribution in [0.3, 0.4) is 0 Å². The number of nitrogens with two attached hydrogens (primary N) is 2. The van der Waals surface area contributed by atoms with E-state index in [9.17, 15) is 9.59 Å². The minimum absolute atomic E-state index is 0.0234. The molecule has 0 aliphatic carbocycles.